The van der Waals surface area contributed by atoms with Gasteiger partial charge in [0.25, 0.3) is 0 Å². The monoisotopic (exact) mass is 286 g/mol. The average Bonchev–Trinajstić information content (AvgIpc) is 2.32. The highest BCUT2D eigenvalue weighted by atomic mass is 19.4. The summed E-state index contributed by atoms with van der Waals surface area (Å²) in [5.41, 5.74) is 1.77. The second kappa shape index (κ2) is 6.39. The smallest absolute Gasteiger partial charge is 0.372 e. The third kappa shape index (κ3) is 4.34. The fourth-order valence-corrected chi connectivity index (χ4v) is 2.18. The Morgan fingerprint density at radius 3 is 2.35 bits per heavy atom. The summed E-state index contributed by atoms with van der Waals surface area (Å²) < 4.78 is 40.0. The van der Waals surface area contributed by atoms with Gasteiger partial charge in [0.2, 0.25) is 0 Å². The first-order valence-corrected chi connectivity index (χ1v) is 6.73. The number of ketones is 1. The van der Waals surface area contributed by atoms with E-state index < -0.39 is 12.8 Å². The molecule has 0 bridgehead atoms. The minimum atomic E-state index is -4.34. The predicted molar refractivity (Wildman–Crippen MR) is 68.9 cm³/mol. The molecule has 1 aliphatic carbocycles. The van der Waals surface area contributed by atoms with Crippen LogP contribution in [0.2, 0.25) is 0 Å². The van der Waals surface area contributed by atoms with Gasteiger partial charge < -0.3 is 4.74 Å². The summed E-state index contributed by atoms with van der Waals surface area (Å²) >= 11 is 0. The van der Waals surface area contributed by atoms with Crippen LogP contribution >= 0.6 is 0 Å². The summed E-state index contributed by atoms with van der Waals surface area (Å²) in [6.07, 6.45) is -0.731. The lowest BCUT2D eigenvalue weighted by Crippen LogP contribution is -2.18. The molecular weight excluding hydrogens is 269 g/mol. The summed E-state index contributed by atoms with van der Waals surface area (Å²) in [4.78, 5) is 11.8. The van der Waals surface area contributed by atoms with E-state index in [4.69, 9.17) is 0 Å². The maximum atomic E-state index is 11.9. The topological polar surface area (TPSA) is 26.3 Å². The summed E-state index contributed by atoms with van der Waals surface area (Å²) in [7, 11) is 0. The number of carbonyl (C=O) groups is 1. The first-order valence-electron chi connectivity index (χ1n) is 6.73. The highest BCUT2D eigenvalue weighted by molar-refractivity contribution is 5.96. The van der Waals surface area contributed by atoms with Gasteiger partial charge in [-0.3, -0.25) is 4.79 Å². The first-order chi connectivity index (χ1) is 9.46. The van der Waals surface area contributed by atoms with Gasteiger partial charge in [0, 0.05) is 12.0 Å². The molecule has 0 saturated heterocycles. The molecule has 1 aromatic carbocycles. The van der Waals surface area contributed by atoms with Gasteiger partial charge in [0.15, 0.2) is 5.78 Å². The van der Waals surface area contributed by atoms with E-state index in [-0.39, 0.29) is 18.8 Å². The molecule has 1 aromatic rings. The van der Waals surface area contributed by atoms with Crippen LogP contribution in [0, 0.1) is 0 Å². The number of hydrogen-bond donors (Lipinski definition) is 0. The number of rotatable bonds is 6. The van der Waals surface area contributed by atoms with Crippen molar-refractivity contribution in [1.29, 1.82) is 0 Å². The van der Waals surface area contributed by atoms with Gasteiger partial charge in [-0.05, 0) is 24.3 Å². The van der Waals surface area contributed by atoms with Gasteiger partial charge in [-0.25, -0.2) is 0 Å². The van der Waals surface area contributed by atoms with Gasteiger partial charge >= 0.3 is 6.18 Å². The van der Waals surface area contributed by atoms with Crippen LogP contribution in [0.3, 0.4) is 0 Å². The molecule has 0 aromatic heterocycles. The zero-order chi connectivity index (χ0) is 14.6. The van der Waals surface area contributed by atoms with E-state index >= 15 is 0 Å². The molecule has 0 spiro atoms. The van der Waals surface area contributed by atoms with Crippen molar-refractivity contribution in [3.63, 3.8) is 0 Å². The molecule has 0 heterocycles. The Morgan fingerprint density at radius 2 is 1.85 bits per heavy atom. The van der Waals surface area contributed by atoms with Crippen LogP contribution in [-0.2, 0) is 4.74 Å². The third-order valence-corrected chi connectivity index (χ3v) is 3.55. The Labute approximate surface area is 115 Å². The normalized spacial score (nSPS) is 15.9. The molecule has 1 aliphatic rings. The van der Waals surface area contributed by atoms with Crippen LogP contribution in [0.25, 0.3) is 0 Å². The molecular formula is C15H17F3O2. The SMILES string of the molecule is O=C(CCOCC(F)(F)F)c1ccc(C2CCC2)cc1. The van der Waals surface area contributed by atoms with Gasteiger partial charge in [-0.15, -0.1) is 0 Å². The van der Waals surface area contributed by atoms with Crippen LogP contribution in [0.15, 0.2) is 24.3 Å². The standard InChI is InChI=1S/C15H17F3O2/c16-15(17,18)10-20-9-8-14(19)13-6-4-12(5-7-13)11-2-1-3-11/h4-7,11H,1-3,8-10H2. The van der Waals surface area contributed by atoms with Crippen molar-refractivity contribution in [3.8, 4) is 0 Å². The molecule has 0 amide bonds. The van der Waals surface area contributed by atoms with Crippen LogP contribution in [-0.4, -0.2) is 25.2 Å². The minimum Gasteiger partial charge on any atom is -0.372 e. The highest BCUT2D eigenvalue weighted by Gasteiger charge is 2.27. The maximum absolute atomic E-state index is 11.9. The van der Waals surface area contributed by atoms with E-state index in [1.54, 1.807) is 12.1 Å². The summed E-state index contributed by atoms with van der Waals surface area (Å²) in [6.45, 7) is -1.51. The lowest BCUT2D eigenvalue weighted by molar-refractivity contribution is -0.173. The number of ether oxygens (including phenoxy) is 1. The van der Waals surface area contributed by atoms with Crippen molar-refractivity contribution < 1.29 is 22.7 Å². The van der Waals surface area contributed by atoms with Crippen LogP contribution in [0.1, 0.15) is 47.5 Å². The molecule has 20 heavy (non-hydrogen) atoms. The highest BCUT2D eigenvalue weighted by Crippen LogP contribution is 2.36. The summed E-state index contributed by atoms with van der Waals surface area (Å²) in [5.74, 6) is 0.418. The largest absolute Gasteiger partial charge is 0.411 e. The molecule has 110 valence electrons. The number of halogens is 3. The second-order valence-electron chi connectivity index (χ2n) is 5.09. The molecule has 1 saturated carbocycles. The third-order valence-electron chi connectivity index (χ3n) is 3.55. The zero-order valence-corrected chi connectivity index (χ0v) is 11.1. The van der Waals surface area contributed by atoms with Crippen molar-refractivity contribution in [3.05, 3.63) is 35.4 Å². The zero-order valence-electron chi connectivity index (χ0n) is 11.1. The van der Waals surface area contributed by atoms with Crippen molar-refractivity contribution in [2.75, 3.05) is 13.2 Å². The molecule has 2 nitrogen and oxygen atoms in total. The lowest BCUT2D eigenvalue weighted by atomic mass is 9.80. The van der Waals surface area contributed by atoms with Crippen molar-refractivity contribution >= 4 is 5.78 Å². The number of carbonyl (C=O) groups excluding carboxylic acids is 1. The number of hydrogen-bond acceptors (Lipinski definition) is 2. The van der Waals surface area contributed by atoms with Crippen LogP contribution in [0.5, 0.6) is 0 Å². The average molecular weight is 286 g/mol. The van der Waals surface area contributed by atoms with E-state index in [1.807, 2.05) is 12.1 Å². The fourth-order valence-electron chi connectivity index (χ4n) is 2.18. The van der Waals surface area contributed by atoms with Crippen molar-refractivity contribution in [1.82, 2.24) is 0 Å². The van der Waals surface area contributed by atoms with Crippen molar-refractivity contribution in [2.24, 2.45) is 0 Å². The molecule has 5 heteroatoms. The molecule has 0 N–H and O–H groups in total. The Balaban J connectivity index is 1.77. The summed E-state index contributed by atoms with van der Waals surface area (Å²) in [6, 6.07) is 7.38. The molecule has 2 rings (SSSR count). The van der Waals surface area contributed by atoms with E-state index in [1.165, 1.54) is 24.8 Å². The van der Waals surface area contributed by atoms with Gasteiger partial charge in [0.05, 0.1) is 6.61 Å². The van der Waals surface area contributed by atoms with Crippen LogP contribution < -0.4 is 0 Å². The predicted octanol–water partition coefficient (Wildman–Crippen LogP) is 4.11. The second-order valence-corrected chi connectivity index (χ2v) is 5.09. The maximum Gasteiger partial charge on any atom is 0.411 e. The van der Waals surface area contributed by atoms with E-state index in [9.17, 15) is 18.0 Å². The molecule has 0 aliphatic heterocycles. The molecule has 0 unspecified atom stereocenters. The van der Waals surface area contributed by atoms with Gasteiger partial charge in [-0.2, -0.15) is 13.2 Å². The van der Waals surface area contributed by atoms with E-state index in [2.05, 4.69) is 4.74 Å². The van der Waals surface area contributed by atoms with Gasteiger partial charge in [-0.1, -0.05) is 30.7 Å². The Morgan fingerprint density at radius 1 is 1.20 bits per heavy atom. The van der Waals surface area contributed by atoms with E-state index in [0.29, 0.717) is 11.5 Å². The first kappa shape index (κ1) is 15.0. The number of benzene rings is 1. The van der Waals surface area contributed by atoms with E-state index in [0.717, 1.165) is 0 Å². The Bertz CT molecular complexity index is 447. The van der Waals surface area contributed by atoms with Crippen LogP contribution in [0.4, 0.5) is 13.2 Å². The molecule has 0 radical (unpaired) electrons. The number of alkyl halides is 3. The Hall–Kier alpha value is -1.36. The number of Topliss-reactive ketones (excluding diaryl/α,β-unsaturated/α-hetero) is 1. The fraction of sp³-hybridized carbons (Fsp3) is 0.533. The Kier molecular flexibility index (Phi) is 4.81. The lowest BCUT2D eigenvalue weighted by Gasteiger charge is -2.25. The molecule has 1 fully saturated rings. The quantitative estimate of drug-likeness (QED) is 0.581. The van der Waals surface area contributed by atoms with Gasteiger partial charge in [0.1, 0.15) is 6.61 Å². The summed E-state index contributed by atoms with van der Waals surface area (Å²) in [5, 5.41) is 0. The molecule has 0 atom stereocenters. The minimum absolute atomic E-state index is 0.0289. The van der Waals surface area contributed by atoms with Crippen molar-refractivity contribution in [2.45, 2.75) is 37.8 Å².